The van der Waals surface area contributed by atoms with Gasteiger partial charge in [-0.15, -0.1) is 0 Å². The Kier molecular flexibility index (Phi) is 7.10. The van der Waals surface area contributed by atoms with E-state index >= 15 is 0 Å². The third-order valence-corrected chi connectivity index (χ3v) is 7.96. The SMILES string of the molecule is CCC1C[N@@+](C)(CC)C2(N(CC(C)C)CC(CC)[N@@+]2(C)CC)N1CC(C)C. The Balaban J connectivity index is 2.75. The smallest absolute Gasteiger partial charge is 0.244 e. The second-order valence-electron chi connectivity index (χ2n) is 10.5. The summed E-state index contributed by atoms with van der Waals surface area (Å²) in [4.78, 5) is 5.93. The minimum Gasteiger partial charge on any atom is -0.244 e. The highest BCUT2D eigenvalue weighted by molar-refractivity contribution is 4.94. The third-order valence-electron chi connectivity index (χ3n) is 7.96. The van der Waals surface area contributed by atoms with Crippen molar-refractivity contribution in [3.8, 4) is 0 Å². The van der Waals surface area contributed by atoms with E-state index in [2.05, 4.69) is 79.3 Å². The van der Waals surface area contributed by atoms with Gasteiger partial charge in [0.15, 0.2) is 0 Å². The van der Waals surface area contributed by atoms with E-state index in [-0.39, 0.29) is 5.91 Å². The van der Waals surface area contributed by atoms with E-state index in [1.54, 1.807) is 0 Å². The maximum Gasteiger partial charge on any atom is 0.356 e. The third kappa shape index (κ3) is 3.29. The van der Waals surface area contributed by atoms with E-state index in [4.69, 9.17) is 0 Å². The van der Waals surface area contributed by atoms with Gasteiger partial charge in [0.05, 0.1) is 39.8 Å². The molecule has 0 amide bonds. The summed E-state index contributed by atoms with van der Waals surface area (Å²) in [5.41, 5.74) is 0. The molecule has 4 nitrogen and oxygen atoms in total. The summed E-state index contributed by atoms with van der Waals surface area (Å²) in [5, 5.41) is 0. The van der Waals surface area contributed by atoms with Crippen LogP contribution in [-0.4, -0.2) is 90.1 Å². The fourth-order valence-electron chi connectivity index (χ4n) is 6.73. The van der Waals surface area contributed by atoms with Gasteiger partial charge in [-0.2, -0.15) is 9.80 Å². The Morgan fingerprint density at radius 2 is 1.48 bits per heavy atom. The molecule has 2 rings (SSSR count). The molecule has 2 aliphatic rings. The number of nitrogens with zero attached hydrogens (tertiary/aromatic N) is 4. The van der Waals surface area contributed by atoms with E-state index in [1.165, 1.54) is 61.1 Å². The molecule has 0 aromatic rings. The first-order chi connectivity index (χ1) is 12.6. The molecule has 2 aliphatic heterocycles. The van der Waals surface area contributed by atoms with Crippen LogP contribution in [0.1, 0.15) is 68.2 Å². The fraction of sp³-hybridized carbons (Fsp3) is 1.00. The van der Waals surface area contributed by atoms with Gasteiger partial charge in [0.1, 0.15) is 12.6 Å². The monoisotopic (exact) mass is 382 g/mol. The van der Waals surface area contributed by atoms with Crippen LogP contribution >= 0.6 is 0 Å². The topological polar surface area (TPSA) is 6.48 Å². The lowest BCUT2D eigenvalue weighted by Gasteiger charge is -2.57. The Hall–Kier alpha value is -0.160. The molecule has 27 heavy (non-hydrogen) atoms. The molecule has 0 saturated carbocycles. The Morgan fingerprint density at radius 1 is 0.889 bits per heavy atom. The summed E-state index contributed by atoms with van der Waals surface area (Å²) in [6.07, 6.45) is 2.54. The van der Waals surface area contributed by atoms with Crippen LogP contribution in [0.5, 0.6) is 0 Å². The zero-order valence-corrected chi connectivity index (χ0v) is 20.3. The first kappa shape index (κ1) is 23.1. The molecule has 160 valence electrons. The standard InChI is InChI=1S/C23H50N4/c1-11-21-18-26(9,13-3)23(25(21)16-20(7)8)24(15-19(5)6)17-22(12-2)27(23,10)14-4/h19-22H,11-18H2,1-10H3/q+2/t21?,22?,23?,26-,27-/m1/s1. The molecule has 0 aromatic carbocycles. The van der Waals surface area contributed by atoms with Gasteiger partial charge in [-0.1, -0.05) is 41.5 Å². The summed E-state index contributed by atoms with van der Waals surface area (Å²) in [7, 11) is 5.16. The fourth-order valence-corrected chi connectivity index (χ4v) is 6.73. The van der Waals surface area contributed by atoms with E-state index < -0.39 is 0 Å². The minimum absolute atomic E-state index is 0.0827. The first-order valence-electron chi connectivity index (χ1n) is 11.8. The van der Waals surface area contributed by atoms with Gasteiger partial charge < -0.3 is 0 Å². The molecule has 1 spiro atoms. The van der Waals surface area contributed by atoms with E-state index in [1.807, 2.05) is 0 Å². The molecule has 0 N–H and O–H groups in total. The van der Waals surface area contributed by atoms with Gasteiger partial charge in [-0.25, -0.2) is 8.97 Å². The van der Waals surface area contributed by atoms with Gasteiger partial charge >= 0.3 is 5.91 Å². The van der Waals surface area contributed by atoms with E-state index in [0.717, 1.165) is 6.04 Å². The molecular formula is C23H50N4+2. The lowest BCUT2D eigenvalue weighted by molar-refractivity contribution is -1.17. The summed E-state index contributed by atoms with van der Waals surface area (Å²) in [6.45, 7) is 26.7. The van der Waals surface area contributed by atoms with Gasteiger partial charge in [0.2, 0.25) is 0 Å². The second-order valence-corrected chi connectivity index (χ2v) is 10.5. The average Bonchev–Trinajstić information content (AvgIpc) is 3.01. The highest BCUT2D eigenvalue weighted by Crippen LogP contribution is 2.52. The lowest BCUT2D eigenvalue weighted by Crippen LogP contribution is -2.82. The predicted molar refractivity (Wildman–Crippen MR) is 117 cm³/mol. The van der Waals surface area contributed by atoms with Crippen molar-refractivity contribution >= 4 is 0 Å². The molecule has 2 heterocycles. The van der Waals surface area contributed by atoms with Crippen molar-refractivity contribution in [2.45, 2.75) is 86.2 Å². The molecule has 4 heteroatoms. The first-order valence-corrected chi connectivity index (χ1v) is 11.8. The molecular weight excluding hydrogens is 332 g/mol. The molecule has 0 aromatic heterocycles. The van der Waals surface area contributed by atoms with Crippen molar-refractivity contribution in [2.24, 2.45) is 11.8 Å². The Bertz CT molecular complexity index is 493. The van der Waals surface area contributed by atoms with Crippen molar-refractivity contribution in [3.05, 3.63) is 0 Å². The summed E-state index contributed by atoms with van der Waals surface area (Å²) in [6, 6.07) is 1.41. The van der Waals surface area contributed by atoms with Crippen LogP contribution in [0, 0.1) is 11.8 Å². The molecule has 0 bridgehead atoms. The molecule has 5 atom stereocenters. The molecule has 3 unspecified atom stereocenters. The lowest BCUT2D eigenvalue weighted by atomic mass is 10.1. The van der Waals surface area contributed by atoms with Crippen molar-refractivity contribution in [2.75, 3.05) is 53.4 Å². The van der Waals surface area contributed by atoms with Crippen LogP contribution in [0.4, 0.5) is 0 Å². The van der Waals surface area contributed by atoms with E-state index in [0.29, 0.717) is 17.9 Å². The van der Waals surface area contributed by atoms with Crippen LogP contribution in [0.3, 0.4) is 0 Å². The maximum atomic E-state index is 2.99. The minimum atomic E-state index is 0.0827. The van der Waals surface area contributed by atoms with Crippen molar-refractivity contribution < 1.29 is 8.97 Å². The van der Waals surface area contributed by atoms with Gasteiger partial charge in [-0.3, -0.25) is 0 Å². The van der Waals surface area contributed by atoms with Crippen LogP contribution < -0.4 is 0 Å². The highest BCUT2D eigenvalue weighted by Gasteiger charge is 2.78. The van der Waals surface area contributed by atoms with Crippen LogP contribution in [-0.2, 0) is 0 Å². The zero-order chi connectivity index (χ0) is 20.6. The number of hydrogen-bond donors (Lipinski definition) is 0. The summed E-state index contributed by atoms with van der Waals surface area (Å²) >= 11 is 0. The van der Waals surface area contributed by atoms with Crippen molar-refractivity contribution in [3.63, 3.8) is 0 Å². The normalized spacial score (nSPS) is 40.9. The average molecular weight is 383 g/mol. The predicted octanol–water partition coefficient (Wildman–Crippen LogP) is 4.03. The highest BCUT2D eigenvalue weighted by atomic mass is 15.9. The van der Waals surface area contributed by atoms with Crippen LogP contribution in [0.25, 0.3) is 0 Å². The van der Waals surface area contributed by atoms with Gasteiger partial charge in [-0.05, 0) is 38.5 Å². The van der Waals surface area contributed by atoms with Crippen LogP contribution in [0.2, 0.25) is 0 Å². The quantitative estimate of drug-likeness (QED) is 0.585. The van der Waals surface area contributed by atoms with Crippen LogP contribution in [0.15, 0.2) is 0 Å². The maximum absolute atomic E-state index is 2.99. The molecule has 2 saturated heterocycles. The summed E-state index contributed by atoms with van der Waals surface area (Å²) < 4.78 is 2.36. The number of quaternary nitrogens is 2. The molecule has 0 radical (unpaired) electrons. The van der Waals surface area contributed by atoms with Crippen molar-refractivity contribution in [1.82, 2.24) is 9.80 Å². The largest absolute Gasteiger partial charge is 0.356 e. The summed E-state index contributed by atoms with van der Waals surface area (Å²) in [5.74, 6) is 1.49. The molecule has 2 fully saturated rings. The van der Waals surface area contributed by atoms with E-state index in [9.17, 15) is 0 Å². The number of likely N-dealkylation sites (N-methyl/N-ethyl adjacent to an activating group) is 2. The Labute approximate surface area is 170 Å². The van der Waals surface area contributed by atoms with Crippen molar-refractivity contribution in [1.29, 1.82) is 0 Å². The number of rotatable bonds is 8. The Morgan fingerprint density at radius 3 is 1.89 bits per heavy atom. The van der Waals surface area contributed by atoms with Gasteiger partial charge in [0, 0.05) is 13.1 Å². The van der Waals surface area contributed by atoms with Gasteiger partial charge in [0.25, 0.3) is 0 Å². The molecule has 0 aliphatic carbocycles. The second kappa shape index (κ2) is 8.30. The zero-order valence-electron chi connectivity index (χ0n) is 20.3. The number of hydrogen-bond acceptors (Lipinski definition) is 2.